The molecule has 1 aliphatic rings. The van der Waals surface area contributed by atoms with Crippen LogP contribution in [-0.2, 0) is 4.79 Å². The van der Waals surface area contributed by atoms with E-state index in [2.05, 4.69) is 29.6 Å². The van der Waals surface area contributed by atoms with Gasteiger partial charge in [0.1, 0.15) is 5.75 Å². The second kappa shape index (κ2) is 6.96. The molecule has 0 unspecified atom stereocenters. The van der Waals surface area contributed by atoms with Gasteiger partial charge in [-0.05, 0) is 41.5 Å². The predicted octanol–water partition coefficient (Wildman–Crippen LogP) is 3.82. The van der Waals surface area contributed by atoms with Crippen molar-refractivity contribution in [1.29, 1.82) is 0 Å². The molecule has 132 valence electrons. The Morgan fingerprint density at radius 1 is 1.04 bits per heavy atom. The lowest BCUT2D eigenvalue weighted by molar-refractivity contribution is -0.123. The number of nitrogens with one attached hydrogen (secondary N) is 1. The largest absolute Gasteiger partial charge is 0.484 e. The zero-order chi connectivity index (χ0) is 17.9. The van der Waals surface area contributed by atoms with Gasteiger partial charge < -0.3 is 19.5 Å². The lowest BCUT2D eigenvalue weighted by Crippen LogP contribution is -2.31. The van der Waals surface area contributed by atoms with Crippen molar-refractivity contribution in [2.75, 3.05) is 13.4 Å². The zero-order valence-electron chi connectivity index (χ0n) is 14.4. The van der Waals surface area contributed by atoms with Gasteiger partial charge in [0.2, 0.25) is 6.79 Å². The molecule has 1 heterocycles. The van der Waals surface area contributed by atoms with E-state index in [9.17, 15) is 4.79 Å². The second-order valence-electron chi connectivity index (χ2n) is 6.20. The quantitative estimate of drug-likeness (QED) is 0.761. The number of fused-ring (bicyclic) bond motifs is 2. The van der Waals surface area contributed by atoms with Gasteiger partial charge in [-0.3, -0.25) is 4.79 Å². The lowest BCUT2D eigenvalue weighted by Gasteiger charge is -2.15. The molecule has 1 amide bonds. The van der Waals surface area contributed by atoms with Crippen molar-refractivity contribution >= 4 is 16.7 Å². The molecule has 3 aromatic rings. The average molecular weight is 349 g/mol. The fourth-order valence-corrected chi connectivity index (χ4v) is 2.96. The maximum atomic E-state index is 12.2. The predicted molar refractivity (Wildman–Crippen MR) is 98.6 cm³/mol. The van der Waals surface area contributed by atoms with E-state index in [1.165, 1.54) is 5.39 Å². The first kappa shape index (κ1) is 16.3. The average Bonchev–Trinajstić information content (AvgIpc) is 3.13. The minimum atomic E-state index is -0.177. The summed E-state index contributed by atoms with van der Waals surface area (Å²) >= 11 is 0. The van der Waals surface area contributed by atoms with Crippen LogP contribution >= 0.6 is 0 Å². The van der Waals surface area contributed by atoms with Gasteiger partial charge >= 0.3 is 0 Å². The van der Waals surface area contributed by atoms with Crippen LogP contribution in [0.5, 0.6) is 17.2 Å². The highest BCUT2D eigenvalue weighted by molar-refractivity contribution is 5.83. The monoisotopic (exact) mass is 349 g/mol. The highest BCUT2D eigenvalue weighted by Crippen LogP contribution is 2.35. The Morgan fingerprint density at radius 3 is 2.73 bits per heavy atom. The first-order chi connectivity index (χ1) is 12.7. The Bertz CT molecular complexity index is 954. The van der Waals surface area contributed by atoms with Crippen LogP contribution < -0.4 is 19.5 Å². The summed E-state index contributed by atoms with van der Waals surface area (Å²) in [7, 11) is 0. The maximum absolute atomic E-state index is 12.2. The minimum Gasteiger partial charge on any atom is -0.484 e. The summed E-state index contributed by atoms with van der Waals surface area (Å²) in [4.78, 5) is 12.2. The third-order valence-electron chi connectivity index (χ3n) is 4.36. The Kier molecular flexibility index (Phi) is 4.35. The summed E-state index contributed by atoms with van der Waals surface area (Å²) in [5.74, 6) is 1.71. The Labute approximate surface area is 151 Å². The number of hydrogen-bond acceptors (Lipinski definition) is 4. The maximum Gasteiger partial charge on any atom is 0.258 e. The first-order valence-electron chi connectivity index (χ1n) is 8.49. The van der Waals surface area contributed by atoms with Crippen LogP contribution in [0.25, 0.3) is 10.8 Å². The molecule has 0 saturated carbocycles. The Morgan fingerprint density at radius 2 is 1.85 bits per heavy atom. The number of amides is 1. The van der Waals surface area contributed by atoms with Crippen LogP contribution in [0.3, 0.4) is 0 Å². The fraction of sp³-hybridized carbons (Fsp3) is 0.190. The second-order valence-corrected chi connectivity index (χ2v) is 6.20. The SMILES string of the molecule is C[C@H](NC(=O)COc1ccc2c(c1)OCO2)c1ccc2ccccc2c1. The summed E-state index contributed by atoms with van der Waals surface area (Å²) in [5.41, 5.74) is 1.06. The summed E-state index contributed by atoms with van der Waals surface area (Å²) in [6.45, 7) is 2.11. The fourth-order valence-electron chi connectivity index (χ4n) is 2.96. The molecule has 1 aliphatic heterocycles. The highest BCUT2D eigenvalue weighted by Gasteiger charge is 2.15. The summed E-state index contributed by atoms with van der Waals surface area (Å²) in [6, 6.07) is 19.5. The van der Waals surface area contributed by atoms with Gasteiger partial charge in [-0.15, -0.1) is 0 Å². The van der Waals surface area contributed by atoms with Crippen molar-refractivity contribution in [3.05, 3.63) is 66.2 Å². The van der Waals surface area contributed by atoms with Gasteiger partial charge in [-0.25, -0.2) is 0 Å². The number of rotatable bonds is 5. The van der Waals surface area contributed by atoms with Gasteiger partial charge in [0.25, 0.3) is 5.91 Å². The van der Waals surface area contributed by atoms with Crippen LogP contribution in [0.4, 0.5) is 0 Å². The third-order valence-corrected chi connectivity index (χ3v) is 4.36. The topological polar surface area (TPSA) is 56.8 Å². The van der Waals surface area contributed by atoms with Crippen molar-refractivity contribution in [3.8, 4) is 17.2 Å². The molecular weight excluding hydrogens is 330 g/mol. The van der Waals surface area contributed by atoms with Crippen molar-refractivity contribution < 1.29 is 19.0 Å². The number of carbonyl (C=O) groups excluding carboxylic acids is 1. The van der Waals surface area contributed by atoms with E-state index in [0.717, 1.165) is 10.9 Å². The van der Waals surface area contributed by atoms with Gasteiger partial charge in [0, 0.05) is 6.07 Å². The van der Waals surface area contributed by atoms with Crippen LogP contribution in [-0.4, -0.2) is 19.3 Å². The summed E-state index contributed by atoms with van der Waals surface area (Å²) in [6.07, 6.45) is 0. The van der Waals surface area contributed by atoms with E-state index in [4.69, 9.17) is 14.2 Å². The molecule has 4 rings (SSSR count). The minimum absolute atomic E-state index is 0.0580. The van der Waals surface area contributed by atoms with Crippen LogP contribution in [0, 0.1) is 0 Å². The molecule has 1 N–H and O–H groups in total. The van der Waals surface area contributed by atoms with Crippen molar-refractivity contribution in [2.24, 2.45) is 0 Å². The van der Waals surface area contributed by atoms with E-state index in [1.807, 2.05) is 25.1 Å². The normalized spacial score (nSPS) is 13.4. The van der Waals surface area contributed by atoms with Gasteiger partial charge in [0.05, 0.1) is 6.04 Å². The van der Waals surface area contributed by atoms with E-state index in [0.29, 0.717) is 17.2 Å². The Balaban J connectivity index is 1.36. The molecule has 0 aromatic heterocycles. The lowest BCUT2D eigenvalue weighted by atomic mass is 10.0. The van der Waals surface area contributed by atoms with Gasteiger partial charge in [-0.2, -0.15) is 0 Å². The van der Waals surface area contributed by atoms with Gasteiger partial charge in [0.15, 0.2) is 18.1 Å². The third kappa shape index (κ3) is 3.42. The van der Waals surface area contributed by atoms with E-state index in [-0.39, 0.29) is 25.3 Å². The number of benzene rings is 3. The highest BCUT2D eigenvalue weighted by atomic mass is 16.7. The molecule has 0 aliphatic carbocycles. The molecule has 1 atom stereocenters. The number of hydrogen-bond donors (Lipinski definition) is 1. The Hall–Kier alpha value is -3.21. The molecule has 0 saturated heterocycles. The van der Waals surface area contributed by atoms with Crippen LogP contribution in [0.1, 0.15) is 18.5 Å². The molecule has 3 aromatic carbocycles. The van der Waals surface area contributed by atoms with Crippen LogP contribution in [0.2, 0.25) is 0 Å². The van der Waals surface area contributed by atoms with Crippen molar-refractivity contribution in [3.63, 3.8) is 0 Å². The van der Waals surface area contributed by atoms with Crippen molar-refractivity contribution in [2.45, 2.75) is 13.0 Å². The van der Waals surface area contributed by atoms with Crippen molar-refractivity contribution in [1.82, 2.24) is 5.32 Å². The molecular formula is C21H19NO4. The zero-order valence-corrected chi connectivity index (χ0v) is 14.4. The molecule has 0 spiro atoms. The number of carbonyl (C=O) groups is 1. The summed E-state index contributed by atoms with van der Waals surface area (Å²) in [5, 5.41) is 5.30. The molecule has 0 fully saturated rings. The molecule has 5 nitrogen and oxygen atoms in total. The molecule has 0 bridgehead atoms. The van der Waals surface area contributed by atoms with E-state index in [1.54, 1.807) is 18.2 Å². The van der Waals surface area contributed by atoms with E-state index < -0.39 is 0 Å². The molecule has 0 radical (unpaired) electrons. The first-order valence-corrected chi connectivity index (χ1v) is 8.49. The molecule has 26 heavy (non-hydrogen) atoms. The molecule has 5 heteroatoms. The van der Waals surface area contributed by atoms with Crippen LogP contribution in [0.15, 0.2) is 60.7 Å². The standard InChI is InChI=1S/C21H19NO4/c1-14(16-7-6-15-4-2-3-5-17(15)10-16)22-21(23)12-24-18-8-9-19-20(11-18)26-13-25-19/h2-11,14H,12-13H2,1H3,(H,22,23)/t14-/m0/s1. The smallest absolute Gasteiger partial charge is 0.258 e. The van der Waals surface area contributed by atoms with E-state index >= 15 is 0 Å². The van der Waals surface area contributed by atoms with Gasteiger partial charge in [-0.1, -0.05) is 36.4 Å². The number of ether oxygens (including phenoxy) is 3. The summed E-state index contributed by atoms with van der Waals surface area (Å²) < 4.78 is 16.1.